The van der Waals surface area contributed by atoms with Crippen LogP contribution in [-0.2, 0) is 0 Å². The average Bonchev–Trinajstić information content (AvgIpc) is 2.78. The highest BCUT2D eigenvalue weighted by Gasteiger charge is 2.17. The summed E-state index contributed by atoms with van der Waals surface area (Å²) in [7, 11) is 0. The highest BCUT2D eigenvalue weighted by Crippen LogP contribution is 2.32. The van der Waals surface area contributed by atoms with Crippen molar-refractivity contribution >= 4 is 28.2 Å². The third-order valence-corrected chi connectivity index (χ3v) is 3.39. The standard InChI is InChI=1S/C13H8ClFN4O2/c1-6-8-4-7(19(20)21)2-3-10(8)17-11(6)12-9(15)5-16-13(14)18-12/h2-5,17H,1H3. The topological polar surface area (TPSA) is 84.7 Å². The Kier molecular flexibility index (Phi) is 3.06. The molecule has 0 aliphatic heterocycles. The van der Waals surface area contributed by atoms with E-state index in [-0.39, 0.29) is 16.7 Å². The number of nitro benzene ring substituents is 1. The summed E-state index contributed by atoms with van der Waals surface area (Å²) in [5.41, 5.74) is 1.74. The number of aromatic amines is 1. The summed E-state index contributed by atoms with van der Waals surface area (Å²) in [6.07, 6.45) is 0.984. The molecule has 0 bridgehead atoms. The van der Waals surface area contributed by atoms with Gasteiger partial charge in [0.15, 0.2) is 5.82 Å². The maximum atomic E-state index is 13.9. The minimum atomic E-state index is -0.622. The number of halogens is 2. The number of hydrogen-bond acceptors (Lipinski definition) is 4. The van der Waals surface area contributed by atoms with E-state index >= 15 is 0 Å². The zero-order chi connectivity index (χ0) is 15.1. The summed E-state index contributed by atoms with van der Waals surface area (Å²) in [5.74, 6) is -0.622. The van der Waals surface area contributed by atoms with Crippen LogP contribution in [0.25, 0.3) is 22.3 Å². The zero-order valence-electron chi connectivity index (χ0n) is 10.7. The van der Waals surface area contributed by atoms with Gasteiger partial charge >= 0.3 is 0 Å². The van der Waals surface area contributed by atoms with Crippen molar-refractivity contribution in [1.29, 1.82) is 0 Å². The Morgan fingerprint density at radius 3 is 2.90 bits per heavy atom. The fourth-order valence-corrected chi connectivity index (χ4v) is 2.32. The summed E-state index contributed by atoms with van der Waals surface area (Å²) in [5, 5.41) is 11.4. The Morgan fingerprint density at radius 1 is 1.43 bits per heavy atom. The van der Waals surface area contributed by atoms with Crippen LogP contribution in [-0.4, -0.2) is 19.9 Å². The van der Waals surface area contributed by atoms with Crippen molar-refractivity contribution in [3.63, 3.8) is 0 Å². The predicted octanol–water partition coefficient (Wildman–Crippen LogP) is 3.63. The lowest BCUT2D eigenvalue weighted by molar-refractivity contribution is -0.384. The molecule has 0 saturated heterocycles. The Labute approximate surface area is 122 Å². The number of non-ortho nitro benzene ring substituents is 1. The van der Waals surface area contributed by atoms with Gasteiger partial charge < -0.3 is 4.98 Å². The van der Waals surface area contributed by atoms with E-state index in [0.717, 1.165) is 6.20 Å². The first-order valence-corrected chi connectivity index (χ1v) is 6.30. The summed E-state index contributed by atoms with van der Waals surface area (Å²) in [6.45, 7) is 1.73. The minimum Gasteiger partial charge on any atom is -0.353 e. The summed E-state index contributed by atoms with van der Waals surface area (Å²) >= 11 is 5.69. The molecule has 2 aromatic heterocycles. The van der Waals surface area contributed by atoms with Gasteiger partial charge in [0, 0.05) is 23.0 Å². The fourth-order valence-electron chi connectivity index (χ4n) is 2.19. The van der Waals surface area contributed by atoms with Gasteiger partial charge in [-0.25, -0.2) is 14.4 Å². The van der Waals surface area contributed by atoms with Gasteiger partial charge in [-0.15, -0.1) is 0 Å². The quantitative estimate of drug-likeness (QED) is 0.445. The van der Waals surface area contributed by atoms with Crippen molar-refractivity contribution in [2.45, 2.75) is 6.92 Å². The second-order valence-corrected chi connectivity index (χ2v) is 4.79. The number of rotatable bonds is 2. The van der Waals surface area contributed by atoms with Gasteiger partial charge in [0.1, 0.15) is 5.69 Å². The number of hydrogen-bond donors (Lipinski definition) is 1. The first-order chi connectivity index (χ1) is 9.97. The van der Waals surface area contributed by atoms with E-state index < -0.39 is 10.7 Å². The van der Waals surface area contributed by atoms with Gasteiger partial charge in [0.2, 0.25) is 5.28 Å². The minimum absolute atomic E-state index is 0.0302. The largest absolute Gasteiger partial charge is 0.353 e. The number of nitro groups is 1. The first-order valence-electron chi connectivity index (χ1n) is 5.92. The third kappa shape index (κ3) is 2.21. The van der Waals surface area contributed by atoms with Gasteiger partial charge in [-0.2, -0.15) is 0 Å². The number of nitrogens with one attached hydrogen (secondary N) is 1. The van der Waals surface area contributed by atoms with E-state index in [4.69, 9.17) is 11.6 Å². The van der Waals surface area contributed by atoms with Crippen LogP contribution in [0.4, 0.5) is 10.1 Å². The van der Waals surface area contributed by atoms with Gasteiger partial charge in [0.25, 0.3) is 5.69 Å². The molecule has 1 N–H and O–H groups in total. The van der Waals surface area contributed by atoms with Gasteiger partial charge in [0.05, 0.1) is 16.8 Å². The Balaban J connectivity index is 2.27. The fraction of sp³-hybridized carbons (Fsp3) is 0.0769. The molecule has 0 atom stereocenters. The molecular formula is C13H8ClFN4O2. The van der Waals surface area contributed by atoms with Crippen LogP contribution in [0, 0.1) is 22.9 Å². The maximum absolute atomic E-state index is 13.9. The molecule has 0 aliphatic carbocycles. The molecule has 2 heterocycles. The number of H-pyrrole nitrogens is 1. The Morgan fingerprint density at radius 2 is 2.19 bits per heavy atom. The van der Waals surface area contributed by atoms with E-state index in [1.54, 1.807) is 13.0 Å². The molecule has 106 valence electrons. The van der Waals surface area contributed by atoms with Crippen LogP contribution in [0.3, 0.4) is 0 Å². The van der Waals surface area contributed by atoms with E-state index in [9.17, 15) is 14.5 Å². The van der Waals surface area contributed by atoms with Crippen LogP contribution in [0.5, 0.6) is 0 Å². The smallest absolute Gasteiger partial charge is 0.270 e. The van der Waals surface area contributed by atoms with Crippen molar-refractivity contribution in [2.75, 3.05) is 0 Å². The third-order valence-electron chi connectivity index (χ3n) is 3.20. The molecule has 0 amide bonds. The number of aryl methyl sites for hydroxylation is 1. The number of aromatic nitrogens is 3. The highest BCUT2D eigenvalue weighted by molar-refractivity contribution is 6.28. The van der Waals surface area contributed by atoms with Crippen LogP contribution in [0.1, 0.15) is 5.56 Å². The van der Waals surface area contributed by atoms with Gasteiger partial charge in [-0.05, 0) is 30.2 Å². The first kappa shape index (κ1) is 13.4. The number of fused-ring (bicyclic) bond motifs is 1. The molecule has 6 nitrogen and oxygen atoms in total. The average molecular weight is 307 g/mol. The molecule has 0 aliphatic rings. The Bertz CT molecular complexity index is 878. The molecule has 0 unspecified atom stereocenters. The second kappa shape index (κ2) is 4.78. The van der Waals surface area contributed by atoms with Gasteiger partial charge in [-0.1, -0.05) is 0 Å². The van der Waals surface area contributed by atoms with E-state index in [0.29, 0.717) is 22.2 Å². The number of nitrogens with zero attached hydrogens (tertiary/aromatic N) is 3. The summed E-state index contributed by atoms with van der Waals surface area (Å²) < 4.78 is 13.9. The molecular weight excluding hydrogens is 299 g/mol. The van der Waals surface area contributed by atoms with Crippen LogP contribution in [0.15, 0.2) is 24.4 Å². The van der Waals surface area contributed by atoms with E-state index in [1.807, 2.05) is 0 Å². The molecule has 0 saturated carbocycles. The summed E-state index contributed by atoms with van der Waals surface area (Å²) in [4.78, 5) is 20.8. The lowest BCUT2D eigenvalue weighted by Gasteiger charge is -2.01. The van der Waals surface area contributed by atoms with E-state index in [2.05, 4.69) is 15.0 Å². The lowest BCUT2D eigenvalue weighted by atomic mass is 10.1. The summed E-state index contributed by atoms with van der Waals surface area (Å²) in [6, 6.07) is 4.39. The highest BCUT2D eigenvalue weighted by atomic mass is 35.5. The Hall–Kier alpha value is -2.54. The molecule has 8 heteroatoms. The molecule has 3 aromatic rings. The normalized spacial score (nSPS) is 11.0. The second-order valence-electron chi connectivity index (χ2n) is 4.45. The monoisotopic (exact) mass is 306 g/mol. The molecule has 21 heavy (non-hydrogen) atoms. The molecule has 3 rings (SSSR count). The van der Waals surface area contributed by atoms with Crippen molar-refractivity contribution in [3.8, 4) is 11.4 Å². The molecule has 0 radical (unpaired) electrons. The molecule has 1 aromatic carbocycles. The van der Waals surface area contributed by atoms with Crippen LogP contribution in [0.2, 0.25) is 5.28 Å². The van der Waals surface area contributed by atoms with Crippen LogP contribution >= 0.6 is 11.6 Å². The maximum Gasteiger partial charge on any atom is 0.270 e. The molecule has 0 spiro atoms. The van der Waals surface area contributed by atoms with Crippen molar-refractivity contribution in [3.05, 3.63) is 51.2 Å². The van der Waals surface area contributed by atoms with Crippen molar-refractivity contribution < 1.29 is 9.31 Å². The molecule has 0 fully saturated rings. The van der Waals surface area contributed by atoms with Gasteiger partial charge in [-0.3, -0.25) is 10.1 Å². The SMILES string of the molecule is Cc1c(-c2nc(Cl)ncc2F)[nH]c2ccc([N+](=O)[O-])cc12. The lowest BCUT2D eigenvalue weighted by Crippen LogP contribution is -1.94. The van der Waals surface area contributed by atoms with E-state index in [1.165, 1.54) is 12.1 Å². The van der Waals surface area contributed by atoms with Crippen molar-refractivity contribution in [1.82, 2.24) is 15.0 Å². The zero-order valence-corrected chi connectivity index (χ0v) is 11.5. The van der Waals surface area contributed by atoms with Crippen molar-refractivity contribution in [2.24, 2.45) is 0 Å². The van der Waals surface area contributed by atoms with Crippen LogP contribution < -0.4 is 0 Å². The number of benzene rings is 1. The predicted molar refractivity (Wildman–Crippen MR) is 75.7 cm³/mol.